The van der Waals surface area contributed by atoms with Gasteiger partial charge in [-0.3, -0.25) is 9.69 Å². The van der Waals surface area contributed by atoms with Crippen molar-refractivity contribution in [3.63, 3.8) is 0 Å². The molecule has 1 aliphatic carbocycles. The zero-order valence-electron chi connectivity index (χ0n) is 9.06. The Hall–Kier alpha value is -0.830. The second kappa shape index (κ2) is 4.79. The second-order valence-electron chi connectivity index (χ2n) is 4.61. The minimum atomic E-state index is -0.646. The molecule has 1 heterocycles. The van der Waals surface area contributed by atoms with Crippen molar-refractivity contribution in [2.24, 2.45) is 5.92 Å². The third kappa shape index (κ3) is 2.59. The quantitative estimate of drug-likeness (QED) is 0.722. The maximum Gasteiger partial charge on any atom is 0.320 e. The summed E-state index contributed by atoms with van der Waals surface area (Å²) < 4.78 is 0. The molecule has 3 nitrogen and oxygen atoms in total. The maximum absolute atomic E-state index is 11.0. The van der Waals surface area contributed by atoms with E-state index in [2.05, 4.69) is 17.1 Å². The molecule has 0 aromatic rings. The van der Waals surface area contributed by atoms with Crippen LogP contribution >= 0.6 is 0 Å². The number of likely N-dealkylation sites (tertiary alicyclic amines) is 1. The minimum absolute atomic E-state index is 0.222. The van der Waals surface area contributed by atoms with Gasteiger partial charge in [0.2, 0.25) is 0 Å². The van der Waals surface area contributed by atoms with Crippen molar-refractivity contribution in [3.8, 4) is 0 Å². The van der Waals surface area contributed by atoms with Gasteiger partial charge in [-0.1, -0.05) is 12.2 Å². The number of carboxylic acids is 1. The summed E-state index contributed by atoms with van der Waals surface area (Å²) in [5.41, 5.74) is 0. The third-order valence-electron chi connectivity index (χ3n) is 3.47. The number of carboxylic acid groups (broad SMARTS) is 1. The Balaban J connectivity index is 1.90. The van der Waals surface area contributed by atoms with Gasteiger partial charge in [0.25, 0.3) is 0 Å². The molecular formula is C12H19NO2. The molecule has 0 radical (unpaired) electrons. The van der Waals surface area contributed by atoms with Crippen LogP contribution in [0.5, 0.6) is 0 Å². The van der Waals surface area contributed by atoms with E-state index in [0.717, 1.165) is 25.9 Å². The fourth-order valence-electron chi connectivity index (χ4n) is 2.66. The highest BCUT2D eigenvalue weighted by Crippen LogP contribution is 2.23. The first-order valence-electron chi connectivity index (χ1n) is 5.91. The van der Waals surface area contributed by atoms with Gasteiger partial charge in [0.15, 0.2) is 0 Å². The number of hydrogen-bond donors (Lipinski definition) is 1. The van der Waals surface area contributed by atoms with Gasteiger partial charge in [-0.15, -0.1) is 0 Å². The van der Waals surface area contributed by atoms with Crippen LogP contribution < -0.4 is 0 Å². The SMILES string of the molecule is O=C(O)C1CCCN1CC1C=CCCC1. The van der Waals surface area contributed by atoms with E-state index in [-0.39, 0.29) is 6.04 Å². The van der Waals surface area contributed by atoms with Crippen molar-refractivity contribution >= 4 is 5.97 Å². The van der Waals surface area contributed by atoms with Crippen LogP contribution in [0.15, 0.2) is 12.2 Å². The predicted octanol–water partition coefficient (Wildman–Crippen LogP) is 1.89. The fraction of sp³-hybridized carbons (Fsp3) is 0.750. The predicted molar refractivity (Wildman–Crippen MR) is 58.7 cm³/mol. The smallest absolute Gasteiger partial charge is 0.320 e. The zero-order chi connectivity index (χ0) is 10.7. The Bertz CT molecular complexity index is 262. The Kier molecular flexibility index (Phi) is 3.41. The molecule has 15 heavy (non-hydrogen) atoms. The van der Waals surface area contributed by atoms with Gasteiger partial charge in [0.05, 0.1) is 0 Å². The van der Waals surface area contributed by atoms with Gasteiger partial charge < -0.3 is 5.11 Å². The summed E-state index contributed by atoms with van der Waals surface area (Å²) in [4.78, 5) is 13.1. The lowest BCUT2D eigenvalue weighted by atomic mass is 9.95. The standard InChI is InChI=1S/C12H19NO2/c14-12(15)11-7-4-8-13(11)9-10-5-2-1-3-6-10/h2,5,10-11H,1,3-4,6-9H2,(H,14,15). The van der Waals surface area contributed by atoms with Crippen molar-refractivity contribution in [1.82, 2.24) is 4.90 Å². The summed E-state index contributed by atoms with van der Waals surface area (Å²) in [7, 11) is 0. The molecule has 1 N–H and O–H groups in total. The minimum Gasteiger partial charge on any atom is -0.480 e. The largest absolute Gasteiger partial charge is 0.480 e. The van der Waals surface area contributed by atoms with Crippen molar-refractivity contribution in [3.05, 3.63) is 12.2 Å². The number of nitrogens with zero attached hydrogens (tertiary/aromatic N) is 1. The van der Waals surface area contributed by atoms with Crippen LogP contribution in [0.1, 0.15) is 32.1 Å². The molecule has 0 bridgehead atoms. The van der Waals surface area contributed by atoms with Crippen LogP contribution in [0.2, 0.25) is 0 Å². The summed E-state index contributed by atoms with van der Waals surface area (Å²) >= 11 is 0. The summed E-state index contributed by atoms with van der Waals surface area (Å²) in [6, 6.07) is -0.222. The van der Waals surface area contributed by atoms with Crippen LogP contribution in [0.4, 0.5) is 0 Å². The van der Waals surface area contributed by atoms with Gasteiger partial charge in [0.1, 0.15) is 6.04 Å². The van der Waals surface area contributed by atoms with Gasteiger partial charge in [-0.2, -0.15) is 0 Å². The lowest BCUT2D eigenvalue weighted by Gasteiger charge is -2.26. The van der Waals surface area contributed by atoms with Crippen molar-refractivity contribution < 1.29 is 9.90 Å². The van der Waals surface area contributed by atoms with Gasteiger partial charge >= 0.3 is 5.97 Å². The molecule has 1 saturated heterocycles. The first kappa shape index (κ1) is 10.7. The topological polar surface area (TPSA) is 40.5 Å². The first-order valence-corrected chi connectivity index (χ1v) is 5.91. The summed E-state index contributed by atoms with van der Waals surface area (Å²) in [5, 5.41) is 9.05. The summed E-state index contributed by atoms with van der Waals surface area (Å²) in [6.07, 6.45) is 10.0. The molecule has 2 unspecified atom stereocenters. The van der Waals surface area contributed by atoms with Crippen LogP contribution in [-0.2, 0) is 4.79 Å². The molecular weight excluding hydrogens is 190 g/mol. The van der Waals surface area contributed by atoms with Crippen molar-refractivity contribution in [1.29, 1.82) is 0 Å². The fourth-order valence-corrected chi connectivity index (χ4v) is 2.66. The Morgan fingerprint density at radius 1 is 1.40 bits per heavy atom. The molecule has 1 aliphatic heterocycles. The maximum atomic E-state index is 11.0. The molecule has 0 saturated carbocycles. The van der Waals surface area contributed by atoms with Crippen LogP contribution in [0.25, 0.3) is 0 Å². The van der Waals surface area contributed by atoms with E-state index in [1.807, 2.05) is 0 Å². The number of aliphatic carboxylic acids is 1. The summed E-state index contributed by atoms with van der Waals surface area (Å²) in [5.74, 6) is -0.0639. The molecule has 84 valence electrons. The van der Waals surface area contributed by atoms with Crippen LogP contribution in [0.3, 0.4) is 0 Å². The molecule has 3 heteroatoms. The van der Waals surface area contributed by atoms with Crippen LogP contribution in [-0.4, -0.2) is 35.1 Å². The van der Waals surface area contributed by atoms with Crippen molar-refractivity contribution in [2.75, 3.05) is 13.1 Å². The van der Waals surface area contributed by atoms with E-state index in [4.69, 9.17) is 5.11 Å². The highest BCUT2D eigenvalue weighted by Gasteiger charge is 2.31. The van der Waals surface area contributed by atoms with E-state index in [0.29, 0.717) is 5.92 Å². The zero-order valence-corrected chi connectivity index (χ0v) is 9.06. The monoisotopic (exact) mass is 209 g/mol. The van der Waals surface area contributed by atoms with E-state index < -0.39 is 5.97 Å². The average Bonchev–Trinajstić information content (AvgIpc) is 2.67. The first-order chi connectivity index (χ1) is 7.27. The van der Waals surface area contributed by atoms with Gasteiger partial charge in [-0.05, 0) is 44.6 Å². The average molecular weight is 209 g/mol. The Morgan fingerprint density at radius 2 is 2.27 bits per heavy atom. The van der Waals surface area contributed by atoms with E-state index in [1.54, 1.807) is 0 Å². The Morgan fingerprint density at radius 3 is 2.93 bits per heavy atom. The van der Waals surface area contributed by atoms with Gasteiger partial charge in [0, 0.05) is 6.54 Å². The lowest BCUT2D eigenvalue weighted by molar-refractivity contribution is -0.142. The lowest BCUT2D eigenvalue weighted by Crippen LogP contribution is -2.38. The molecule has 0 aromatic heterocycles. The number of carbonyl (C=O) groups is 1. The highest BCUT2D eigenvalue weighted by molar-refractivity contribution is 5.73. The van der Waals surface area contributed by atoms with Crippen molar-refractivity contribution in [2.45, 2.75) is 38.1 Å². The molecule has 0 spiro atoms. The molecule has 1 fully saturated rings. The Labute approximate surface area is 90.8 Å². The molecule has 2 aliphatic rings. The second-order valence-corrected chi connectivity index (χ2v) is 4.61. The van der Waals surface area contributed by atoms with E-state index >= 15 is 0 Å². The van der Waals surface area contributed by atoms with E-state index in [1.165, 1.54) is 19.3 Å². The molecule has 0 amide bonds. The van der Waals surface area contributed by atoms with Gasteiger partial charge in [-0.25, -0.2) is 0 Å². The molecule has 2 rings (SSSR count). The normalized spacial score (nSPS) is 32.0. The highest BCUT2D eigenvalue weighted by atomic mass is 16.4. The molecule has 0 aromatic carbocycles. The van der Waals surface area contributed by atoms with E-state index in [9.17, 15) is 4.79 Å². The number of allylic oxidation sites excluding steroid dienone is 1. The van der Waals surface area contributed by atoms with Crippen LogP contribution in [0, 0.1) is 5.92 Å². The third-order valence-corrected chi connectivity index (χ3v) is 3.47. The molecule has 2 atom stereocenters. The number of hydrogen-bond acceptors (Lipinski definition) is 2. The summed E-state index contributed by atoms with van der Waals surface area (Å²) in [6.45, 7) is 1.90. The number of rotatable bonds is 3.